The van der Waals surface area contributed by atoms with E-state index in [2.05, 4.69) is 18.8 Å². The maximum absolute atomic E-state index is 10.2. The molecule has 0 saturated carbocycles. The Bertz CT molecular complexity index is 586. The zero-order valence-corrected chi connectivity index (χ0v) is 13.2. The van der Waals surface area contributed by atoms with E-state index in [0.29, 0.717) is 0 Å². The fourth-order valence-electron chi connectivity index (χ4n) is 2.97. The SMILES string of the molecule is CCCCCc1[nH]c2ccc(O)c(O)c2c1CCCCC. The van der Waals surface area contributed by atoms with Gasteiger partial charge in [0, 0.05) is 16.6 Å². The van der Waals surface area contributed by atoms with Crippen LogP contribution >= 0.6 is 0 Å². The summed E-state index contributed by atoms with van der Waals surface area (Å²) in [7, 11) is 0. The molecule has 0 spiro atoms. The van der Waals surface area contributed by atoms with Crippen LogP contribution in [0.3, 0.4) is 0 Å². The van der Waals surface area contributed by atoms with Crippen LogP contribution in [0.25, 0.3) is 10.9 Å². The third-order valence-corrected chi connectivity index (χ3v) is 4.17. The van der Waals surface area contributed by atoms with Crippen LogP contribution in [0.15, 0.2) is 12.1 Å². The van der Waals surface area contributed by atoms with Crippen LogP contribution in [0.1, 0.15) is 63.6 Å². The van der Waals surface area contributed by atoms with Crippen molar-refractivity contribution in [2.75, 3.05) is 0 Å². The van der Waals surface area contributed by atoms with E-state index in [1.54, 1.807) is 6.07 Å². The smallest absolute Gasteiger partial charge is 0.167 e. The predicted octanol–water partition coefficient (Wildman–Crippen LogP) is 5.04. The van der Waals surface area contributed by atoms with Crippen LogP contribution in [0.2, 0.25) is 0 Å². The second kappa shape index (κ2) is 7.39. The van der Waals surface area contributed by atoms with E-state index in [-0.39, 0.29) is 11.5 Å². The Hall–Kier alpha value is -1.64. The number of unbranched alkanes of at least 4 members (excludes halogenated alkanes) is 4. The standard InChI is InChI=1S/C18H27NO2/c1-3-5-7-9-13-14(10-8-6-4-2)19-15-11-12-16(20)18(21)17(13)15/h11-12,19-21H,3-10H2,1-2H3. The van der Waals surface area contributed by atoms with E-state index in [0.717, 1.165) is 36.6 Å². The van der Waals surface area contributed by atoms with Gasteiger partial charge in [-0.2, -0.15) is 0 Å². The van der Waals surface area contributed by atoms with Crippen molar-refractivity contribution in [3.63, 3.8) is 0 Å². The van der Waals surface area contributed by atoms with Crippen molar-refractivity contribution in [1.29, 1.82) is 0 Å². The van der Waals surface area contributed by atoms with Crippen LogP contribution in [-0.4, -0.2) is 15.2 Å². The summed E-state index contributed by atoms with van der Waals surface area (Å²) < 4.78 is 0. The number of rotatable bonds is 8. The van der Waals surface area contributed by atoms with Crippen molar-refractivity contribution in [2.24, 2.45) is 0 Å². The highest BCUT2D eigenvalue weighted by molar-refractivity contribution is 5.92. The zero-order chi connectivity index (χ0) is 15.2. The molecule has 0 unspecified atom stereocenters. The number of hydrogen-bond donors (Lipinski definition) is 3. The lowest BCUT2D eigenvalue weighted by Crippen LogP contribution is -1.93. The van der Waals surface area contributed by atoms with Crippen molar-refractivity contribution in [3.05, 3.63) is 23.4 Å². The molecule has 3 N–H and O–H groups in total. The van der Waals surface area contributed by atoms with Crippen LogP contribution in [0.4, 0.5) is 0 Å². The molecule has 0 atom stereocenters. The fourth-order valence-corrected chi connectivity index (χ4v) is 2.97. The maximum Gasteiger partial charge on any atom is 0.167 e. The maximum atomic E-state index is 10.2. The van der Waals surface area contributed by atoms with Gasteiger partial charge in [-0.05, 0) is 43.4 Å². The number of aromatic amines is 1. The topological polar surface area (TPSA) is 56.2 Å². The Morgan fingerprint density at radius 1 is 0.905 bits per heavy atom. The van der Waals surface area contributed by atoms with Crippen molar-refractivity contribution in [1.82, 2.24) is 4.98 Å². The van der Waals surface area contributed by atoms with Gasteiger partial charge in [-0.25, -0.2) is 0 Å². The molecular formula is C18H27NO2. The summed E-state index contributed by atoms with van der Waals surface area (Å²) in [5.41, 5.74) is 3.36. The Kier molecular flexibility index (Phi) is 5.54. The number of fused-ring (bicyclic) bond motifs is 1. The number of phenols is 2. The molecule has 0 saturated heterocycles. The Morgan fingerprint density at radius 2 is 1.57 bits per heavy atom. The molecule has 1 aromatic carbocycles. The molecule has 1 heterocycles. The number of benzene rings is 1. The zero-order valence-electron chi connectivity index (χ0n) is 13.2. The van der Waals surface area contributed by atoms with Crippen LogP contribution in [-0.2, 0) is 12.8 Å². The summed E-state index contributed by atoms with van der Waals surface area (Å²) in [6.45, 7) is 4.40. The van der Waals surface area contributed by atoms with Crippen molar-refractivity contribution < 1.29 is 10.2 Å². The van der Waals surface area contributed by atoms with E-state index in [1.807, 2.05) is 6.07 Å². The summed E-state index contributed by atoms with van der Waals surface area (Å²) in [4.78, 5) is 3.45. The average molecular weight is 289 g/mol. The van der Waals surface area contributed by atoms with E-state index in [9.17, 15) is 10.2 Å². The van der Waals surface area contributed by atoms with Gasteiger partial charge < -0.3 is 15.2 Å². The van der Waals surface area contributed by atoms with Gasteiger partial charge in [0.25, 0.3) is 0 Å². The quantitative estimate of drug-likeness (QED) is 0.471. The molecule has 0 fully saturated rings. The molecular weight excluding hydrogens is 262 g/mol. The molecule has 2 rings (SSSR count). The third-order valence-electron chi connectivity index (χ3n) is 4.17. The lowest BCUT2D eigenvalue weighted by atomic mass is 10.00. The molecule has 0 radical (unpaired) electrons. The lowest BCUT2D eigenvalue weighted by molar-refractivity contribution is 0.408. The number of nitrogens with one attached hydrogen (secondary N) is 1. The predicted molar refractivity (Wildman–Crippen MR) is 88.1 cm³/mol. The molecule has 116 valence electrons. The van der Waals surface area contributed by atoms with E-state index in [4.69, 9.17) is 0 Å². The highest BCUT2D eigenvalue weighted by atomic mass is 16.3. The Labute approximate surface area is 127 Å². The van der Waals surface area contributed by atoms with Crippen LogP contribution < -0.4 is 0 Å². The molecule has 2 aromatic rings. The first-order valence-corrected chi connectivity index (χ1v) is 8.23. The molecule has 3 heteroatoms. The molecule has 0 aliphatic rings. The van der Waals surface area contributed by atoms with Crippen molar-refractivity contribution >= 4 is 10.9 Å². The number of hydrogen-bond acceptors (Lipinski definition) is 2. The second-order valence-corrected chi connectivity index (χ2v) is 5.85. The molecule has 0 bridgehead atoms. The number of phenolic OH excluding ortho intramolecular Hbond substituents is 2. The average Bonchev–Trinajstić information content (AvgIpc) is 2.82. The van der Waals surface area contributed by atoms with Crippen molar-refractivity contribution in [3.8, 4) is 11.5 Å². The second-order valence-electron chi connectivity index (χ2n) is 5.85. The monoisotopic (exact) mass is 289 g/mol. The largest absolute Gasteiger partial charge is 0.504 e. The number of aryl methyl sites for hydroxylation is 2. The summed E-state index contributed by atoms with van der Waals surface area (Å²) in [5.74, 6) is -0.00432. The fraction of sp³-hybridized carbons (Fsp3) is 0.556. The summed E-state index contributed by atoms with van der Waals surface area (Å²) in [6.07, 6.45) is 9.08. The molecule has 0 aliphatic heterocycles. The van der Waals surface area contributed by atoms with E-state index in [1.165, 1.54) is 36.9 Å². The molecule has 0 amide bonds. The van der Waals surface area contributed by atoms with E-state index >= 15 is 0 Å². The number of aromatic nitrogens is 1. The molecule has 21 heavy (non-hydrogen) atoms. The minimum absolute atomic E-state index is 0.0250. The van der Waals surface area contributed by atoms with Gasteiger partial charge >= 0.3 is 0 Å². The molecule has 3 nitrogen and oxygen atoms in total. The van der Waals surface area contributed by atoms with E-state index < -0.39 is 0 Å². The van der Waals surface area contributed by atoms with Gasteiger partial charge in [0.1, 0.15) is 0 Å². The lowest BCUT2D eigenvalue weighted by Gasteiger charge is -2.06. The summed E-state index contributed by atoms with van der Waals surface area (Å²) >= 11 is 0. The van der Waals surface area contributed by atoms with Crippen LogP contribution in [0.5, 0.6) is 11.5 Å². The highest BCUT2D eigenvalue weighted by Crippen LogP contribution is 2.38. The first-order chi connectivity index (χ1) is 10.2. The van der Waals surface area contributed by atoms with Gasteiger partial charge in [0.2, 0.25) is 0 Å². The Morgan fingerprint density at radius 3 is 2.24 bits per heavy atom. The van der Waals surface area contributed by atoms with Gasteiger partial charge in [0.15, 0.2) is 11.5 Å². The van der Waals surface area contributed by atoms with Crippen LogP contribution in [0, 0.1) is 0 Å². The van der Waals surface area contributed by atoms with Gasteiger partial charge in [-0.1, -0.05) is 39.5 Å². The first-order valence-electron chi connectivity index (χ1n) is 8.23. The molecule has 1 aromatic heterocycles. The summed E-state index contributed by atoms with van der Waals surface area (Å²) in [6, 6.07) is 3.41. The summed E-state index contributed by atoms with van der Waals surface area (Å²) in [5, 5.41) is 20.8. The molecule has 0 aliphatic carbocycles. The minimum Gasteiger partial charge on any atom is -0.504 e. The first kappa shape index (κ1) is 15.7. The number of aromatic hydroxyl groups is 2. The number of H-pyrrole nitrogens is 1. The highest BCUT2D eigenvalue weighted by Gasteiger charge is 2.16. The van der Waals surface area contributed by atoms with Gasteiger partial charge in [-0.3, -0.25) is 0 Å². The van der Waals surface area contributed by atoms with Gasteiger partial charge in [0.05, 0.1) is 0 Å². The Balaban J connectivity index is 2.35. The third kappa shape index (κ3) is 3.52. The van der Waals surface area contributed by atoms with Gasteiger partial charge in [-0.15, -0.1) is 0 Å². The minimum atomic E-state index is -0.0293. The normalized spacial score (nSPS) is 11.3. The van der Waals surface area contributed by atoms with Crippen molar-refractivity contribution in [2.45, 2.75) is 65.2 Å².